The number of nitrogens with one attached hydrogen (secondary N) is 6. The number of nitro benzene ring substituents is 2. The Morgan fingerprint density at radius 1 is 0.385 bits per heavy atom. The predicted octanol–water partition coefficient (Wildman–Crippen LogP) is 16.2. The summed E-state index contributed by atoms with van der Waals surface area (Å²) in [6.45, 7) is 13.5. The molecule has 0 saturated carbocycles. The molecule has 0 bridgehead atoms. The lowest BCUT2D eigenvalue weighted by Gasteiger charge is -2.20. The molecule has 33 heteroatoms. The largest absolute Gasteiger partial charge is 0.445 e. The molecule has 10 N–H and O–H groups in total. The van der Waals surface area contributed by atoms with Crippen molar-refractivity contribution < 1.29 is 55.3 Å². The summed E-state index contributed by atoms with van der Waals surface area (Å²) in [4.78, 5) is 75.2. The third kappa shape index (κ3) is 33.3. The van der Waals surface area contributed by atoms with E-state index in [0.717, 1.165) is 150 Å². The van der Waals surface area contributed by atoms with Gasteiger partial charge in [0.25, 0.3) is 31.4 Å². The van der Waals surface area contributed by atoms with Gasteiger partial charge in [-0.05, 0) is 280 Å². The number of aryl methyl sites for hydroxylation is 2. The monoisotopic (exact) mass is 2000 g/mol. The van der Waals surface area contributed by atoms with Gasteiger partial charge in [-0.3, -0.25) is 20.2 Å². The van der Waals surface area contributed by atoms with Crippen molar-refractivity contribution in [1.29, 1.82) is 10.5 Å². The molecule has 6 aliphatic heterocycles. The van der Waals surface area contributed by atoms with Crippen molar-refractivity contribution in [2.75, 3.05) is 95.3 Å². The molecule has 0 radical (unpaired) electrons. The first-order valence-electron chi connectivity index (χ1n) is 44.3. The Bertz CT molecular complexity index is 6100. The fourth-order valence-electron chi connectivity index (χ4n) is 15.7. The van der Waals surface area contributed by atoms with Gasteiger partial charge < -0.3 is 56.9 Å². The lowest BCUT2D eigenvalue weighted by molar-refractivity contribution is -0.385. The van der Waals surface area contributed by atoms with Crippen LogP contribution in [0, 0.1) is 56.7 Å². The number of sulfonamides is 2. The summed E-state index contributed by atoms with van der Waals surface area (Å²) in [6.07, 6.45) is 10.5. The van der Waals surface area contributed by atoms with Gasteiger partial charge in [-0.1, -0.05) is 175 Å². The molecule has 0 atom stereocenters. The summed E-state index contributed by atoms with van der Waals surface area (Å²) in [5, 5.41) is 51.0. The molecule has 17 rings (SSSR count). The molecule has 29 nitrogen and oxygen atoms in total. The highest BCUT2D eigenvalue weighted by Gasteiger charge is 2.28. The van der Waals surface area contributed by atoms with E-state index in [4.69, 9.17) is 31.5 Å². The average Bonchev–Trinajstić information content (AvgIpc) is 1.81. The quantitative estimate of drug-likeness (QED) is 0.0302. The molecule has 6 amide bonds. The van der Waals surface area contributed by atoms with Gasteiger partial charge >= 0.3 is 24.2 Å². The van der Waals surface area contributed by atoms with Gasteiger partial charge in [-0.25, -0.2) is 45.5 Å². The van der Waals surface area contributed by atoms with E-state index >= 15 is 0 Å². The van der Waals surface area contributed by atoms with E-state index in [0.29, 0.717) is 83.5 Å². The second-order valence-electron chi connectivity index (χ2n) is 32.6. The SMILES string of the molecule is Br.Br.Cc1ccc(S(=O)(=O)NC(=O)Nc2ccc3c(c2)CCN(C(=O)NS(=O)(=O)c2ccc(C)cc2)CC3)cc1.N#CCc1ccccc1CC#N.Nc1ccc2c(c1)CCN(C(=O)OCc1ccccc1)CC2.Nc1ccc2c(c1)CCNCC2.O=C(OCc1ccccc1)N1CCc2ccc([N+](=O)[O-])cc2CC1.O=[N+]([O-])c1ccc2c(c1)CCNCC2.c1ccc2c(c1)CCNCC2. The maximum atomic E-state index is 12.8. The highest BCUT2D eigenvalue weighted by Crippen LogP contribution is 2.28. The number of rotatable bonds is 13. The van der Waals surface area contributed by atoms with E-state index in [-0.39, 0.29) is 85.4 Å². The Morgan fingerprint density at radius 3 is 1.10 bits per heavy atom. The Morgan fingerprint density at radius 2 is 0.696 bits per heavy atom. The van der Waals surface area contributed by atoms with Crippen LogP contribution in [0.5, 0.6) is 0 Å². The van der Waals surface area contributed by atoms with Crippen LogP contribution in [0.25, 0.3) is 0 Å². The maximum Gasteiger partial charge on any atom is 0.410 e. The summed E-state index contributed by atoms with van der Waals surface area (Å²) < 4.78 is 65.0. The van der Waals surface area contributed by atoms with Crippen molar-refractivity contribution in [3.63, 3.8) is 0 Å². The molecule has 0 spiro atoms. The number of nitriles is 2. The van der Waals surface area contributed by atoms with Crippen molar-refractivity contribution in [1.82, 2.24) is 40.1 Å². The summed E-state index contributed by atoms with van der Waals surface area (Å²) in [5.41, 5.74) is 34.1. The first-order valence-corrected chi connectivity index (χ1v) is 47.3. The van der Waals surface area contributed by atoms with Crippen molar-refractivity contribution in [3.05, 3.63) is 369 Å². The van der Waals surface area contributed by atoms with E-state index < -0.39 is 37.0 Å². The molecule has 708 valence electrons. The van der Waals surface area contributed by atoms with Crippen molar-refractivity contribution in [2.45, 2.75) is 127 Å². The number of anilines is 3. The van der Waals surface area contributed by atoms with Crippen molar-refractivity contribution in [2.24, 2.45) is 0 Å². The summed E-state index contributed by atoms with van der Waals surface area (Å²) >= 11 is 0. The molecule has 135 heavy (non-hydrogen) atoms. The zero-order valence-electron chi connectivity index (χ0n) is 75.6. The molecule has 0 aliphatic carbocycles. The minimum absolute atomic E-state index is 0. The number of nitro groups is 2. The lowest BCUT2D eigenvalue weighted by Crippen LogP contribution is -2.43. The first-order chi connectivity index (χ1) is 64.3. The highest BCUT2D eigenvalue weighted by molar-refractivity contribution is 8.93. The number of urea groups is 2. The summed E-state index contributed by atoms with van der Waals surface area (Å²) in [7, 11) is -8.04. The minimum Gasteiger partial charge on any atom is -0.445 e. The van der Waals surface area contributed by atoms with Crippen LogP contribution in [0.1, 0.15) is 100 Å². The molecule has 0 unspecified atom stereocenters. The molecule has 6 aliphatic rings. The van der Waals surface area contributed by atoms with Crippen LogP contribution in [0.4, 0.5) is 47.6 Å². The number of fused-ring (bicyclic) bond motifs is 6. The normalized spacial score (nSPS) is 13.9. The van der Waals surface area contributed by atoms with Crippen molar-refractivity contribution in [3.8, 4) is 12.1 Å². The zero-order chi connectivity index (χ0) is 94.5. The number of non-ortho nitro benzene ring substituents is 2. The Hall–Kier alpha value is -13.4. The van der Waals surface area contributed by atoms with E-state index in [2.05, 4.69) is 80.6 Å². The van der Waals surface area contributed by atoms with Crippen LogP contribution in [-0.4, -0.2) is 144 Å². The zero-order valence-corrected chi connectivity index (χ0v) is 80.7. The van der Waals surface area contributed by atoms with Crippen LogP contribution in [-0.2, 0) is 133 Å². The Labute approximate surface area is 810 Å². The predicted molar refractivity (Wildman–Crippen MR) is 535 cm³/mol. The van der Waals surface area contributed by atoms with Crippen LogP contribution < -0.4 is 42.2 Å². The molecule has 0 saturated heterocycles. The standard InChI is InChI=1S/C26H28N4O6S2.C18H18N2O4.C18H20N2O2.C10H12N2O2.C10H14N2.C10H8N2.C10H13N.2BrH/c1-18-3-9-23(10-4-18)37(33,34)28-25(31)27-22-8-7-20-13-15-30(16-14-21(20)17-22)26(32)29-38(35,36)24-11-5-19(2)6-12-24;21-18(24-13-14-4-2-1-3-5-14)19-10-8-15-6-7-17(20(22)23)12-16(15)9-11-19;19-17-7-6-15-8-10-20(11-9-16(15)12-17)18(21)22-13-14-4-2-1-3-5-14;13-12(14)10-2-1-8-3-5-11-6-4-9(8)7-10;11-10-2-1-8-3-5-12-6-4-9(8)7-10;11-7-5-9-3-1-2-4-10(9)6-8-12;1-2-4-10-6-8-11-7-5-9(10)3-1;;/h3-12,17H,13-16H2,1-2H3,(H,29,32)(H2,27,28,31);1-7,12H,8-11,13H2;1-7,12H,8-11,13,19H2;1-2,7,11H,3-6H2;1-2,7,12H,3-6,11H2;1-4H,5-6H2;1-4,11H,5-8H2;2*1H. The molecule has 0 aromatic heterocycles. The number of amides is 6. The molecule has 11 aromatic rings. The van der Waals surface area contributed by atoms with Crippen LogP contribution >= 0.6 is 34.0 Å². The van der Waals surface area contributed by atoms with Gasteiger partial charge in [0.15, 0.2) is 0 Å². The Balaban J connectivity index is 0.000000185. The number of carbonyl (C=O) groups excluding carboxylic acids is 4. The van der Waals surface area contributed by atoms with Gasteiger partial charge in [-0.2, -0.15) is 10.5 Å². The third-order valence-corrected chi connectivity index (χ3v) is 25.8. The van der Waals surface area contributed by atoms with Gasteiger partial charge in [-0.15, -0.1) is 34.0 Å². The number of halogens is 2. The molecule has 6 heterocycles. The van der Waals surface area contributed by atoms with Gasteiger partial charge in [0.05, 0.1) is 44.6 Å². The second kappa shape index (κ2) is 53.5. The van der Waals surface area contributed by atoms with Gasteiger partial charge in [0.2, 0.25) is 0 Å². The van der Waals surface area contributed by atoms with Crippen LogP contribution in [0.2, 0.25) is 0 Å². The Kier molecular flexibility index (Phi) is 41.7. The molecular weight excluding hydrogens is 1880 g/mol. The summed E-state index contributed by atoms with van der Waals surface area (Å²) in [6, 6.07) is 77.8. The van der Waals surface area contributed by atoms with E-state index in [1.807, 2.05) is 128 Å². The van der Waals surface area contributed by atoms with E-state index in [9.17, 15) is 56.2 Å². The number of benzene rings is 11. The average molecular weight is 2000 g/mol. The molecule has 11 aromatic carbocycles. The van der Waals surface area contributed by atoms with Gasteiger partial charge in [0, 0.05) is 80.6 Å². The summed E-state index contributed by atoms with van der Waals surface area (Å²) in [5.74, 6) is 0. The van der Waals surface area contributed by atoms with E-state index in [1.54, 1.807) is 76.5 Å². The van der Waals surface area contributed by atoms with E-state index in [1.165, 1.54) is 87.0 Å². The number of nitrogen functional groups attached to an aromatic ring is 2. The fraction of sp³-hybridized carbons (Fsp3) is 0.294. The maximum absolute atomic E-state index is 12.8. The molecular formula is C102H115Br2N15O14S2. The first kappa shape index (κ1) is 105. The number of ether oxygens (including phenoxy) is 2. The van der Waals surface area contributed by atoms with Crippen molar-refractivity contribution >= 4 is 107 Å². The smallest absolute Gasteiger partial charge is 0.410 e. The highest BCUT2D eigenvalue weighted by atomic mass is 79.9. The second-order valence-corrected chi connectivity index (χ2v) is 35.9. The lowest BCUT2D eigenvalue weighted by atomic mass is 10.0. The number of nitrogens with zero attached hydrogens (tertiary/aromatic N) is 7. The minimum atomic E-state index is -4.04. The van der Waals surface area contributed by atoms with Gasteiger partial charge in [0.1, 0.15) is 13.2 Å². The van der Waals surface area contributed by atoms with Crippen LogP contribution in [0.3, 0.4) is 0 Å². The number of carbonyl (C=O) groups is 4. The van der Waals surface area contributed by atoms with Crippen LogP contribution in [0.15, 0.2) is 259 Å². The third-order valence-electron chi connectivity index (χ3n) is 23.2. The molecule has 0 fully saturated rings. The number of nitrogens with two attached hydrogens (primary N) is 2. The topological polar surface area (TPSA) is 423 Å². The fourth-order valence-corrected chi connectivity index (χ4v) is 17.6. The number of hydrogen-bond donors (Lipinski definition) is 8. The number of hydrogen-bond acceptors (Lipinski definition) is 21.